The average Bonchev–Trinajstić information content (AvgIpc) is 2.94. The van der Waals surface area contributed by atoms with Gasteiger partial charge in [-0.2, -0.15) is 0 Å². The minimum absolute atomic E-state index is 0.0499. The standard InChI is InChI=1S/C19H19N3O/c1-3-7-12-13-10-11-22-18(17(13)20-15(12)4-2)21-16-9-6-5-8-14(16)19(22)23/h4-9,20H,3,10-11H2,1-2H3. The number of aromatic amines is 1. The number of rotatable bonds is 1. The van der Waals surface area contributed by atoms with Crippen molar-refractivity contribution in [2.45, 2.75) is 33.2 Å². The lowest BCUT2D eigenvalue weighted by molar-refractivity contribution is 0.649. The first-order chi connectivity index (χ1) is 11.2. The Labute approximate surface area is 133 Å². The second-order valence-corrected chi connectivity index (χ2v) is 5.87. The second kappa shape index (κ2) is 5.23. The minimum Gasteiger partial charge on any atom is -0.352 e. The second-order valence-electron chi connectivity index (χ2n) is 5.87. The Morgan fingerprint density at radius 2 is 2.17 bits per heavy atom. The van der Waals surface area contributed by atoms with Crippen molar-refractivity contribution in [3.8, 4) is 11.5 Å². The minimum atomic E-state index is 0.0499. The van der Waals surface area contributed by atoms with Crippen LogP contribution in [0.25, 0.3) is 34.6 Å². The van der Waals surface area contributed by atoms with Gasteiger partial charge in [0.05, 0.1) is 16.6 Å². The summed E-state index contributed by atoms with van der Waals surface area (Å²) in [5.41, 5.74) is 3.08. The molecule has 0 bridgehead atoms. The van der Waals surface area contributed by atoms with Crippen molar-refractivity contribution in [2.24, 2.45) is 0 Å². The number of hydrogen-bond acceptors (Lipinski definition) is 2. The molecule has 0 fully saturated rings. The van der Waals surface area contributed by atoms with Crippen molar-refractivity contribution in [3.05, 3.63) is 50.8 Å². The van der Waals surface area contributed by atoms with Gasteiger partial charge in [0.1, 0.15) is 0 Å². The van der Waals surface area contributed by atoms with E-state index in [1.165, 1.54) is 10.8 Å². The van der Waals surface area contributed by atoms with Gasteiger partial charge in [-0.25, -0.2) is 4.98 Å². The molecule has 1 aliphatic heterocycles. The van der Waals surface area contributed by atoms with Crippen LogP contribution in [0.1, 0.15) is 25.8 Å². The summed E-state index contributed by atoms with van der Waals surface area (Å²) in [6, 6.07) is 7.57. The normalized spacial score (nSPS) is 15.0. The summed E-state index contributed by atoms with van der Waals surface area (Å²) in [4.78, 5) is 21.0. The van der Waals surface area contributed by atoms with Crippen LogP contribution in [0.2, 0.25) is 0 Å². The number of nitrogens with zero attached hydrogens (tertiary/aromatic N) is 2. The van der Waals surface area contributed by atoms with Gasteiger partial charge in [0, 0.05) is 11.9 Å². The predicted molar refractivity (Wildman–Crippen MR) is 93.6 cm³/mol. The lowest BCUT2D eigenvalue weighted by Crippen LogP contribution is -2.30. The van der Waals surface area contributed by atoms with E-state index in [-0.39, 0.29) is 5.56 Å². The maximum Gasteiger partial charge on any atom is 0.261 e. The lowest BCUT2D eigenvalue weighted by atomic mass is 10.0. The number of nitrogens with one attached hydrogen (secondary N) is 1. The molecule has 4 nitrogen and oxygen atoms in total. The van der Waals surface area contributed by atoms with Crippen LogP contribution >= 0.6 is 0 Å². The topological polar surface area (TPSA) is 50.7 Å². The van der Waals surface area contributed by atoms with Gasteiger partial charge < -0.3 is 4.98 Å². The zero-order valence-corrected chi connectivity index (χ0v) is 13.4. The van der Waals surface area contributed by atoms with Crippen LogP contribution in [0.5, 0.6) is 0 Å². The van der Waals surface area contributed by atoms with E-state index in [0.717, 1.165) is 35.2 Å². The van der Waals surface area contributed by atoms with Crippen molar-refractivity contribution in [3.63, 3.8) is 0 Å². The molecule has 116 valence electrons. The monoisotopic (exact) mass is 305 g/mol. The molecule has 3 heterocycles. The quantitative estimate of drug-likeness (QED) is 0.747. The van der Waals surface area contributed by atoms with Crippen molar-refractivity contribution < 1.29 is 0 Å². The van der Waals surface area contributed by atoms with Gasteiger partial charge in [0.25, 0.3) is 5.56 Å². The molecule has 23 heavy (non-hydrogen) atoms. The number of para-hydroxylation sites is 1. The van der Waals surface area contributed by atoms with E-state index < -0.39 is 0 Å². The van der Waals surface area contributed by atoms with Crippen molar-refractivity contribution in [2.75, 3.05) is 0 Å². The number of fused-ring (bicyclic) bond motifs is 4. The highest BCUT2D eigenvalue weighted by Crippen LogP contribution is 2.23. The van der Waals surface area contributed by atoms with Crippen LogP contribution in [0.15, 0.2) is 29.1 Å². The molecule has 0 saturated heterocycles. The first-order valence-electron chi connectivity index (χ1n) is 8.12. The number of aromatic nitrogens is 3. The highest BCUT2D eigenvalue weighted by atomic mass is 16.1. The van der Waals surface area contributed by atoms with E-state index in [1.54, 1.807) is 4.57 Å². The molecular formula is C19H19N3O. The summed E-state index contributed by atoms with van der Waals surface area (Å²) in [5.74, 6) is 0.758. The summed E-state index contributed by atoms with van der Waals surface area (Å²) >= 11 is 0. The molecule has 0 unspecified atom stereocenters. The third-order valence-electron chi connectivity index (χ3n) is 4.54. The SMILES string of the molecule is CC=c1[nH]c2c(c1=CCC)CCn1c-2nc2ccccc2c1=O. The Balaban J connectivity index is 2.12. The summed E-state index contributed by atoms with van der Waals surface area (Å²) in [6.07, 6.45) is 6.18. The van der Waals surface area contributed by atoms with Crippen LogP contribution < -0.4 is 16.1 Å². The summed E-state index contributed by atoms with van der Waals surface area (Å²) in [5, 5.41) is 3.07. The van der Waals surface area contributed by atoms with Crippen LogP contribution in [-0.2, 0) is 13.0 Å². The summed E-state index contributed by atoms with van der Waals surface area (Å²) < 4.78 is 1.80. The highest BCUT2D eigenvalue weighted by Gasteiger charge is 2.22. The Morgan fingerprint density at radius 1 is 1.35 bits per heavy atom. The van der Waals surface area contributed by atoms with Gasteiger partial charge in [0.2, 0.25) is 0 Å². The number of hydrogen-bond donors (Lipinski definition) is 1. The fraction of sp³-hybridized carbons (Fsp3) is 0.263. The summed E-state index contributed by atoms with van der Waals surface area (Å²) in [7, 11) is 0. The number of benzene rings is 1. The first kappa shape index (κ1) is 14.0. The molecule has 3 aromatic rings. The maximum absolute atomic E-state index is 12.8. The van der Waals surface area contributed by atoms with E-state index in [1.807, 2.05) is 31.2 Å². The summed E-state index contributed by atoms with van der Waals surface area (Å²) in [6.45, 7) is 4.86. The third-order valence-corrected chi connectivity index (χ3v) is 4.54. The smallest absolute Gasteiger partial charge is 0.261 e. The third kappa shape index (κ3) is 1.98. The average molecular weight is 305 g/mol. The molecule has 0 spiro atoms. The Kier molecular flexibility index (Phi) is 3.18. The van der Waals surface area contributed by atoms with E-state index in [4.69, 9.17) is 4.98 Å². The number of H-pyrrole nitrogens is 1. The van der Waals surface area contributed by atoms with E-state index >= 15 is 0 Å². The molecule has 4 rings (SSSR count). The molecule has 0 radical (unpaired) electrons. The molecule has 1 aliphatic rings. The zero-order chi connectivity index (χ0) is 16.0. The van der Waals surface area contributed by atoms with E-state index in [2.05, 4.69) is 24.1 Å². The van der Waals surface area contributed by atoms with Gasteiger partial charge in [-0.3, -0.25) is 9.36 Å². The molecule has 0 amide bonds. The largest absolute Gasteiger partial charge is 0.352 e. The Bertz CT molecular complexity index is 1090. The first-order valence-corrected chi connectivity index (χ1v) is 8.12. The van der Waals surface area contributed by atoms with Crippen LogP contribution in [0.3, 0.4) is 0 Å². The molecule has 0 atom stereocenters. The van der Waals surface area contributed by atoms with E-state index in [0.29, 0.717) is 11.9 Å². The molecular weight excluding hydrogens is 286 g/mol. The highest BCUT2D eigenvalue weighted by molar-refractivity contribution is 5.80. The fourth-order valence-corrected chi connectivity index (χ4v) is 3.48. The lowest BCUT2D eigenvalue weighted by Gasteiger charge is -2.18. The van der Waals surface area contributed by atoms with Crippen LogP contribution in [-0.4, -0.2) is 14.5 Å². The van der Waals surface area contributed by atoms with Gasteiger partial charge in [-0.05, 0) is 42.7 Å². The van der Waals surface area contributed by atoms with Gasteiger partial charge in [0.15, 0.2) is 5.82 Å². The molecule has 1 aromatic carbocycles. The molecule has 2 aromatic heterocycles. The Morgan fingerprint density at radius 3 is 2.96 bits per heavy atom. The zero-order valence-electron chi connectivity index (χ0n) is 13.4. The van der Waals surface area contributed by atoms with Gasteiger partial charge in [-0.15, -0.1) is 0 Å². The Hall–Kier alpha value is -2.62. The molecule has 0 saturated carbocycles. The van der Waals surface area contributed by atoms with Gasteiger partial charge >= 0.3 is 0 Å². The van der Waals surface area contributed by atoms with Crippen molar-refractivity contribution in [1.29, 1.82) is 0 Å². The van der Waals surface area contributed by atoms with Crippen molar-refractivity contribution in [1.82, 2.24) is 14.5 Å². The molecule has 0 aliphatic carbocycles. The molecule has 1 N–H and O–H groups in total. The fourth-order valence-electron chi connectivity index (χ4n) is 3.48. The van der Waals surface area contributed by atoms with E-state index in [9.17, 15) is 4.79 Å². The van der Waals surface area contributed by atoms with Crippen LogP contribution in [0, 0.1) is 0 Å². The predicted octanol–water partition coefficient (Wildman–Crippen LogP) is 1.94. The van der Waals surface area contributed by atoms with Crippen molar-refractivity contribution >= 4 is 23.1 Å². The van der Waals surface area contributed by atoms with Crippen LogP contribution in [0.4, 0.5) is 0 Å². The van der Waals surface area contributed by atoms with Gasteiger partial charge in [-0.1, -0.05) is 31.2 Å². The molecule has 4 heteroatoms. The maximum atomic E-state index is 12.8.